The first-order chi connectivity index (χ1) is 16.4. The Kier molecular flexibility index (Phi) is 7.25. The number of halogens is 6. The number of nitrogens with zero attached hydrogens (tertiary/aromatic N) is 2. The van der Waals surface area contributed by atoms with Crippen LogP contribution in [0.2, 0.25) is 0 Å². The van der Waals surface area contributed by atoms with Gasteiger partial charge < -0.3 is 10.0 Å². The van der Waals surface area contributed by atoms with Gasteiger partial charge in [0.2, 0.25) is 15.6 Å². The second-order valence-corrected chi connectivity index (χ2v) is 10.6. The molecule has 1 fully saturated rings. The first-order valence-electron chi connectivity index (χ1n) is 10.8. The molecule has 2 aromatic carbocycles. The van der Waals surface area contributed by atoms with Gasteiger partial charge in [-0.1, -0.05) is 12.1 Å². The van der Waals surface area contributed by atoms with Crippen molar-refractivity contribution >= 4 is 21.5 Å². The first kappa shape index (κ1) is 27.9. The number of Topliss-reactive ketones (excluding diaryl/α,β-unsaturated/α-hetero) is 1. The number of alkyl halides is 5. The number of aliphatic hydroxyl groups is 1. The van der Waals surface area contributed by atoms with Crippen LogP contribution in [-0.2, 0) is 26.6 Å². The monoisotopic (exact) mass is 538 g/mol. The van der Waals surface area contributed by atoms with E-state index in [-0.39, 0.29) is 30.2 Å². The molecule has 1 N–H and O–H groups in total. The van der Waals surface area contributed by atoms with Crippen LogP contribution in [0.25, 0.3) is 0 Å². The molecule has 0 saturated carbocycles. The molecule has 1 aliphatic heterocycles. The lowest BCUT2D eigenvalue weighted by Crippen LogP contribution is -2.54. The highest BCUT2D eigenvalue weighted by Crippen LogP contribution is 2.40. The van der Waals surface area contributed by atoms with Crippen LogP contribution in [0.1, 0.15) is 31.9 Å². The molecule has 0 spiro atoms. The minimum atomic E-state index is -4.82. The van der Waals surface area contributed by atoms with Gasteiger partial charge in [-0.2, -0.15) is 17.5 Å². The Labute approximate surface area is 204 Å². The maximum absolute atomic E-state index is 14.0. The SMILES string of the molecule is CC(=O)C(O)(c1ccc(S(=O)(=O)N2CCN(c3ccc(F)cc3C(F)(F)F)CC2C)cc1)C(C)(F)F. The Morgan fingerprint density at radius 1 is 1.03 bits per heavy atom. The van der Waals surface area contributed by atoms with Crippen LogP contribution in [0.5, 0.6) is 0 Å². The van der Waals surface area contributed by atoms with E-state index in [9.17, 15) is 44.7 Å². The molecular weight excluding hydrogens is 514 g/mol. The van der Waals surface area contributed by atoms with Crippen LogP contribution in [0.3, 0.4) is 0 Å². The van der Waals surface area contributed by atoms with E-state index in [1.165, 1.54) is 11.8 Å². The lowest BCUT2D eigenvalue weighted by molar-refractivity contribution is -0.185. The van der Waals surface area contributed by atoms with Gasteiger partial charge in [0.15, 0.2) is 5.78 Å². The van der Waals surface area contributed by atoms with E-state index in [1.54, 1.807) is 0 Å². The summed E-state index contributed by atoms with van der Waals surface area (Å²) in [5, 5.41) is 10.3. The van der Waals surface area contributed by atoms with Crippen LogP contribution >= 0.6 is 0 Å². The largest absolute Gasteiger partial charge is 0.418 e. The quantitative estimate of drug-likeness (QED) is 0.559. The van der Waals surface area contributed by atoms with E-state index in [2.05, 4.69) is 0 Å². The number of anilines is 1. The average Bonchev–Trinajstić information content (AvgIpc) is 2.76. The smallest absolute Gasteiger partial charge is 0.372 e. The van der Waals surface area contributed by atoms with Crippen LogP contribution in [0, 0.1) is 5.82 Å². The van der Waals surface area contributed by atoms with Gasteiger partial charge in [0.25, 0.3) is 5.92 Å². The molecule has 36 heavy (non-hydrogen) atoms. The predicted molar refractivity (Wildman–Crippen MR) is 119 cm³/mol. The number of sulfonamides is 1. The summed E-state index contributed by atoms with van der Waals surface area (Å²) in [6.07, 6.45) is -4.82. The number of benzene rings is 2. The zero-order valence-corrected chi connectivity index (χ0v) is 20.3. The topological polar surface area (TPSA) is 77.9 Å². The summed E-state index contributed by atoms with van der Waals surface area (Å²) in [5.41, 5.74) is -5.09. The van der Waals surface area contributed by atoms with Crippen molar-refractivity contribution in [1.29, 1.82) is 0 Å². The minimum Gasteiger partial charge on any atom is -0.372 e. The first-order valence-corrected chi connectivity index (χ1v) is 12.2. The van der Waals surface area contributed by atoms with Crippen molar-refractivity contribution in [3.63, 3.8) is 0 Å². The Morgan fingerprint density at radius 3 is 2.08 bits per heavy atom. The third-order valence-electron chi connectivity index (χ3n) is 6.19. The van der Waals surface area contributed by atoms with E-state index in [1.807, 2.05) is 0 Å². The van der Waals surface area contributed by atoms with Gasteiger partial charge in [-0.05, 0) is 49.7 Å². The van der Waals surface area contributed by atoms with Crippen LogP contribution in [-0.4, -0.2) is 55.2 Å². The Hall–Kier alpha value is -2.64. The van der Waals surface area contributed by atoms with Gasteiger partial charge in [-0.3, -0.25) is 4.79 Å². The lowest BCUT2D eigenvalue weighted by atomic mass is 9.85. The average molecular weight is 539 g/mol. The van der Waals surface area contributed by atoms with Crippen molar-refractivity contribution in [3.8, 4) is 0 Å². The molecule has 3 rings (SSSR count). The molecule has 0 amide bonds. The summed E-state index contributed by atoms with van der Waals surface area (Å²) in [5.74, 6) is -6.13. The number of ketones is 1. The molecule has 0 aromatic heterocycles. The van der Waals surface area contributed by atoms with E-state index in [4.69, 9.17) is 0 Å². The fourth-order valence-corrected chi connectivity index (χ4v) is 5.91. The van der Waals surface area contributed by atoms with Crippen molar-refractivity contribution in [2.24, 2.45) is 0 Å². The van der Waals surface area contributed by atoms with Gasteiger partial charge in [0.05, 0.1) is 10.5 Å². The van der Waals surface area contributed by atoms with Crippen LogP contribution in [0.15, 0.2) is 47.4 Å². The third-order valence-corrected chi connectivity index (χ3v) is 8.22. The van der Waals surface area contributed by atoms with Crippen LogP contribution < -0.4 is 4.90 Å². The second-order valence-electron chi connectivity index (χ2n) is 8.75. The number of carbonyl (C=O) groups excluding carboxylic acids is 1. The van der Waals surface area contributed by atoms with E-state index in [0.717, 1.165) is 47.6 Å². The van der Waals surface area contributed by atoms with Crippen molar-refractivity contribution in [1.82, 2.24) is 4.31 Å². The normalized spacial score (nSPS) is 19.7. The number of hydrogen-bond acceptors (Lipinski definition) is 5. The van der Waals surface area contributed by atoms with Crippen molar-refractivity contribution < 1.29 is 44.7 Å². The lowest BCUT2D eigenvalue weighted by Gasteiger charge is -2.40. The van der Waals surface area contributed by atoms with E-state index in [0.29, 0.717) is 13.0 Å². The van der Waals surface area contributed by atoms with Gasteiger partial charge >= 0.3 is 6.18 Å². The zero-order valence-electron chi connectivity index (χ0n) is 19.5. The summed E-state index contributed by atoms with van der Waals surface area (Å²) in [4.78, 5) is 12.8. The fraction of sp³-hybridized carbons (Fsp3) is 0.435. The van der Waals surface area contributed by atoms with Gasteiger partial charge in [-0.25, -0.2) is 21.6 Å². The number of piperazine rings is 1. The number of hydrogen-bond donors (Lipinski definition) is 1. The molecule has 1 heterocycles. The molecule has 2 unspecified atom stereocenters. The Balaban J connectivity index is 1.87. The molecule has 0 radical (unpaired) electrons. The highest BCUT2D eigenvalue weighted by atomic mass is 32.2. The number of carbonyl (C=O) groups is 1. The molecule has 1 saturated heterocycles. The maximum atomic E-state index is 14.0. The van der Waals surface area contributed by atoms with Gasteiger partial charge in [-0.15, -0.1) is 0 Å². The zero-order chi connectivity index (χ0) is 27.3. The summed E-state index contributed by atoms with van der Waals surface area (Å²) < 4.78 is 109. The van der Waals surface area contributed by atoms with E-state index < -0.39 is 56.5 Å². The third kappa shape index (κ3) is 4.96. The molecular formula is C23H24F6N2O4S. The Bertz CT molecular complexity index is 1240. The predicted octanol–water partition coefficient (Wildman–Crippen LogP) is 4.18. The molecule has 6 nitrogen and oxygen atoms in total. The molecule has 0 aliphatic carbocycles. The second kappa shape index (κ2) is 9.34. The summed E-state index contributed by atoms with van der Waals surface area (Å²) in [6, 6.07) is 5.25. The van der Waals surface area contributed by atoms with Crippen molar-refractivity contribution in [2.45, 2.75) is 49.4 Å². The highest BCUT2D eigenvalue weighted by Gasteiger charge is 2.54. The summed E-state index contributed by atoms with van der Waals surface area (Å²) >= 11 is 0. The molecule has 1 aliphatic rings. The van der Waals surface area contributed by atoms with Gasteiger partial charge in [0, 0.05) is 38.3 Å². The standard InChI is InChI=1S/C23H24F6N2O4S/c1-14-13-30(20-9-6-17(24)12-19(20)23(27,28)29)10-11-31(14)36(34,35)18-7-4-16(5-8-18)22(33,15(2)32)21(3,25)26/h4-9,12,14,33H,10-11,13H2,1-3H3. The van der Waals surface area contributed by atoms with Crippen molar-refractivity contribution in [3.05, 3.63) is 59.4 Å². The number of rotatable bonds is 6. The molecule has 198 valence electrons. The van der Waals surface area contributed by atoms with Crippen molar-refractivity contribution in [2.75, 3.05) is 24.5 Å². The fourth-order valence-electron chi connectivity index (χ4n) is 4.30. The maximum Gasteiger partial charge on any atom is 0.418 e. The summed E-state index contributed by atoms with van der Waals surface area (Å²) in [7, 11) is -4.21. The molecule has 0 bridgehead atoms. The summed E-state index contributed by atoms with van der Waals surface area (Å²) in [6.45, 7) is 2.19. The molecule has 2 aromatic rings. The van der Waals surface area contributed by atoms with E-state index >= 15 is 0 Å². The van der Waals surface area contributed by atoms with Gasteiger partial charge in [0.1, 0.15) is 5.82 Å². The minimum absolute atomic E-state index is 0.123. The Morgan fingerprint density at radius 2 is 1.61 bits per heavy atom. The highest BCUT2D eigenvalue weighted by molar-refractivity contribution is 7.89. The molecule has 13 heteroatoms. The molecule has 2 atom stereocenters. The van der Waals surface area contributed by atoms with Crippen LogP contribution in [0.4, 0.5) is 32.0 Å².